The number of nitrogens with two attached hydrogens (primary N) is 1. The number of nitrogens with one attached hydrogen (secondary N) is 1. The highest BCUT2D eigenvalue weighted by Crippen LogP contribution is 2.31. The molecule has 0 radical (unpaired) electrons. The Bertz CT molecular complexity index is 590. The molecule has 2 atom stereocenters. The first-order valence-electron chi connectivity index (χ1n) is 8.20. The van der Waals surface area contributed by atoms with E-state index in [0.717, 1.165) is 24.9 Å². The van der Waals surface area contributed by atoms with Gasteiger partial charge in [0, 0.05) is 19.0 Å². The molecule has 2 amide bonds. The van der Waals surface area contributed by atoms with Crippen LogP contribution in [0, 0.1) is 5.92 Å². The average molecular weight is 317 g/mol. The van der Waals surface area contributed by atoms with E-state index in [1.54, 1.807) is 4.90 Å². The molecule has 1 fully saturated rings. The second-order valence-electron chi connectivity index (χ2n) is 6.15. The van der Waals surface area contributed by atoms with Crippen LogP contribution >= 0.6 is 0 Å². The maximum Gasteiger partial charge on any atom is 0.265 e. The summed E-state index contributed by atoms with van der Waals surface area (Å²) in [6, 6.07) is 7.58. The van der Waals surface area contributed by atoms with Crippen molar-refractivity contribution in [2.24, 2.45) is 11.7 Å². The number of rotatable bonds is 5. The number of nitrogens with zero attached hydrogens (tertiary/aromatic N) is 1. The monoisotopic (exact) mass is 317 g/mol. The van der Waals surface area contributed by atoms with Crippen LogP contribution < -0.4 is 20.7 Å². The lowest BCUT2D eigenvalue weighted by Crippen LogP contribution is -2.43. The SMILES string of the molecule is NCC1CCCC1NC(=O)CCN1C(=O)COc2ccccc21. The molecule has 3 N–H and O–H groups in total. The maximum absolute atomic E-state index is 12.2. The summed E-state index contributed by atoms with van der Waals surface area (Å²) < 4.78 is 5.40. The first-order chi connectivity index (χ1) is 11.2. The van der Waals surface area contributed by atoms with Crippen LogP contribution in [-0.4, -0.2) is 37.6 Å². The molecule has 6 nitrogen and oxygen atoms in total. The molecule has 1 aromatic carbocycles. The number of fused-ring (bicyclic) bond motifs is 1. The number of carbonyl (C=O) groups excluding carboxylic acids is 2. The Labute approximate surface area is 136 Å². The van der Waals surface area contributed by atoms with Crippen LogP contribution in [0.15, 0.2) is 24.3 Å². The highest BCUT2D eigenvalue weighted by molar-refractivity contribution is 5.98. The number of amides is 2. The minimum atomic E-state index is -0.114. The van der Waals surface area contributed by atoms with E-state index < -0.39 is 0 Å². The standard InChI is InChI=1S/C17H23N3O3/c18-10-12-4-3-5-13(12)19-16(21)8-9-20-14-6-1-2-7-15(14)23-11-17(20)22/h1-2,6-7,12-13H,3-5,8-11,18H2,(H,19,21). The van der Waals surface area contributed by atoms with E-state index in [1.165, 1.54) is 0 Å². The van der Waals surface area contributed by atoms with Crippen molar-refractivity contribution in [3.05, 3.63) is 24.3 Å². The van der Waals surface area contributed by atoms with Gasteiger partial charge in [-0.15, -0.1) is 0 Å². The number of para-hydroxylation sites is 2. The van der Waals surface area contributed by atoms with Gasteiger partial charge in [-0.1, -0.05) is 18.6 Å². The van der Waals surface area contributed by atoms with E-state index in [2.05, 4.69) is 5.32 Å². The van der Waals surface area contributed by atoms with E-state index >= 15 is 0 Å². The van der Waals surface area contributed by atoms with Crippen molar-refractivity contribution in [3.8, 4) is 5.75 Å². The van der Waals surface area contributed by atoms with E-state index in [9.17, 15) is 9.59 Å². The third-order valence-corrected chi connectivity index (χ3v) is 4.68. The lowest BCUT2D eigenvalue weighted by atomic mass is 10.0. The molecular formula is C17H23N3O3. The smallest absolute Gasteiger partial charge is 0.265 e. The molecule has 0 bridgehead atoms. The van der Waals surface area contributed by atoms with E-state index in [1.807, 2.05) is 24.3 Å². The predicted molar refractivity (Wildman–Crippen MR) is 87.2 cm³/mol. The topological polar surface area (TPSA) is 84.7 Å². The zero-order valence-corrected chi connectivity index (χ0v) is 13.2. The van der Waals surface area contributed by atoms with E-state index in [0.29, 0.717) is 24.8 Å². The first-order valence-corrected chi connectivity index (χ1v) is 8.20. The number of hydrogen-bond acceptors (Lipinski definition) is 4. The summed E-state index contributed by atoms with van der Waals surface area (Å²) in [7, 11) is 0. The zero-order chi connectivity index (χ0) is 16.2. The van der Waals surface area contributed by atoms with Crippen LogP contribution in [-0.2, 0) is 9.59 Å². The quantitative estimate of drug-likeness (QED) is 0.850. The molecule has 0 aromatic heterocycles. The van der Waals surface area contributed by atoms with Crippen molar-refractivity contribution in [2.75, 3.05) is 24.6 Å². The molecule has 0 saturated heterocycles. The summed E-state index contributed by atoms with van der Waals surface area (Å²) in [4.78, 5) is 25.9. The van der Waals surface area contributed by atoms with Gasteiger partial charge >= 0.3 is 0 Å². The van der Waals surface area contributed by atoms with Gasteiger partial charge in [-0.25, -0.2) is 0 Å². The van der Waals surface area contributed by atoms with Crippen LogP contribution in [0.1, 0.15) is 25.7 Å². The van der Waals surface area contributed by atoms with Gasteiger partial charge in [0.15, 0.2) is 6.61 Å². The lowest BCUT2D eigenvalue weighted by Gasteiger charge is -2.29. The average Bonchev–Trinajstić information content (AvgIpc) is 3.01. The second-order valence-corrected chi connectivity index (χ2v) is 6.15. The van der Waals surface area contributed by atoms with Crippen molar-refractivity contribution in [1.29, 1.82) is 0 Å². The third-order valence-electron chi connectivity index (χ3n) is 4.68. The number of anilines is 1. The Kier molecular flexibility index (Phi) is 4.81. The van der Waals surface area contributed by atoms with Gasteiger partial charge in [0.2, 0.25) is 5.91 Å². The molecule has 23 heavy (non-hydrogen) atoms. The molecule has 2 unspecified atom stereocenters. The third kappa shape index (κ3) is 3.47. The van der Waals surface area contributed by atoms with Gasteiger partial charge in [0.05, 0.1) is 5.69 Å². The van der Waals surface area contributed by atoms with Crippen molar-refractivity contribution >= 4 is 17.5 Å². The molecule has 124 valence electrons. The van der Waals surface area contributed by atoms with Gasteiger partial charge in [-0.3, -0.25) is 9.59 Å². The summed E-state index contributed by atoms with van der Waals surface area (Å²) >= 11 is 0. The Hall–Kier alpha value is -2.08. The molecule has 1 aliphatic heterocycles. The highest BCUT2D eigenvalue weighted by atomic mass is 16.5. The predicted octanol–water partition coefficient (Wildman–Crippen LogP) is 1.05. The first kappa shape index (κ1) is 15.8. The molecule has 1 aliphatic carbocycles. The van der Waals surface area contributed by atoms with Gasteiger partial charge in [-0.05, 0) is 37.4 Å². The van der Waals surface area contributed by atoms with E-state index in [-0.39, 0.29) is 30.9 Å². The Morgan fingerprint density at radius 2 is 2.17 bits per heavy atom. The van der Waals surface area contributed by atoms with Gasteiger partial charge < -0.3 is 20.7 Å². The molecule has 3 rings (SSSR count). The van der Waals surface area contributed by atoms with Crippen molar-refractivity contribution < 1.29 is 14.3 Å². The van der Waals surface area contributed by atoms with Gasteiger partial charge in [0.1, 0.15) is 5.75 Å². The maximum atomic E-state index is 12.2. The van der Waals surface area contributed by atoms with Crippen LogP contribution in [0.5, 0.6) is 5.75 Å². The number of hydrogen-bond donors (Lipinski definition) is 2. The normalized spacial score (nSPS) is 23.3. The molecular weight excluding hydrogens is 294 g/mol. The summed E-state index contributed by atoms with van der Waals surface area (Å²) in [5, 5.41) is 3.07. The van der Waals surface area contributed by atoms with E-state index in [4.69, 9.17) is 10.5 Å². The van der Waals surface area contributed by atoms with Crippen LogP contribution in [0.2, 0.25) is 0 Å². The summed E-state index contributed by atoms with van der Waals surface area (Å²) in [5.74, 6) is 0.931. The fourth-order valence-electron chi connectivity index (χ4n) is 3.40. The fourth-order valence-corrected chi connectivity index (χ4v) is 3.40. The van der Waals surface area contributed by atoms with Gasteiger partial charge in [-0.2, -0.15) is 0 Å². The van der Waals surface area contributed by atoms with Crippen LogP contribution in [0.4, 0.5) is 5.69 Å². The fraction of sp³-hybridized carbons (Fsp3) is 0.529. The van der Waals surface area contributed by atoms with Crippen LogP contribution in [0.3, 0.4) is 0 Å². The second kappa shape index (κ2) is 7.00. The minimum Gasteiger partial charge on any atom is -0.482 e. The Morgan fingerprint density at radius 1 is 1.35 bits per heavy atom. The molecule has 6 heteroatoms. The largest absolute Gasteiger partial charge is 0.482 e. The molecule has 1 aromatic rings. The Balaban J connectivity index is 1.57. The van der Waals surface area contributed by atoms with Crippen molar-refractivity contribution in [1.82, 2.24) is 5.32 Å². The summed E-state index contributed by atoms with van der Waals surface area (Å²) in [6.45, 7) is 1.00. The lowest BCUT2D eigenvalue weighted by molar-refractivity contribution is -0.122. The molecule has 1 saturated carbocycles. The molecule has 2 aliphatic rings. The minimum absolute atomic E-state index is 0.0212. The Morgan fingerprint density at radius 3 is 3.00 bits per heavy atom. The van der Waals surface area contributed by atoms with Gasteiger partial charge in [0.25, 0.3) is 5.91 Å². The molecule has 0 spiro atoms. The summed E-state index contributed by atoms with van der Waals surface area (Å²) in [6.07, 6.45) is 3.47. The number of ether oxygens (including phenoxy) is 1. The van der Waals surface area contributed by atoms with Crippen LogP contribution in [0.25, 0.3) is 0 Å². The van der Waals surface area contributed by atoms with Crippen molar-refractivity contribution in [3.63, 3.8) is 0 Å². The number of carbonyl (C=O) groups is 2. The summed E-state index contributed by atoms with van der Waals surface area (Å²) in [5.41, 5.74) is 6.48. The number of benzene rings is 1. The highest BCUT2D eigenvalue weighted by Gasteiger charge is 2.29. The zero-order valence-electron chi connectivity index (χ0n) is 13.2. The van der Waals surface area contributed by atoms with Crippen molar-refractivity contribution in [2.45, 2.75) is 31.7 Å². The molecule has 1 heterocycles.